The number of aliphatic hydroxyl groups is 1. The fourth-order valence-electron chi connectivity index (χ4n) is 2.94. The van der Waals surface area contributed by atoms with Crippen LogP contribution in [0.2, 0.25) is 0 Å². The van der Waals surface area contributed by atoms with Crippen LogP contribution in [0.4, 0.5) is 4.79 Å². The van der Waals surface area contributed by atoms with E-state index in [1.54, 1.807) is 5.51 Å². The number of nitrogens with one attached hydrogen (secondary N) is 1. The molecule has 0 aliphatic carbocycles. The summed E-state index contributed by atoms with van der Waals surface area (Å²) in [6, 6.07) is 9.70. The number of piperidine rings is 1. The standard InChI is InChI=1S/C17H21N3O2S/c21-16(13-4-2-1-3-5-13)14-6-8-20(9-7-14)17(22)18-10-15-11-23-12-19-15/h1-5,11-12,14,16,21H,6-10H2,(H,18,22). The Bertz CT molecular complexity index is 610. The van der Waals surface area contributed by atoms with Crippen molar-refractivity contribution >= 4 is 17.4 Å². The molecule has 5 nitrogen and oxygen atoms in total. The van der Waals surface area contributed by atoms with Gasteiger partial charge in [0.25, 0.3) is 0 Å². The average Bonchev–Trinajstić information content (AvgIpc) is 3.13. The molecule has 1 fully saturated rings. The van der Waals surface area contributed by atoms with Crippen LogP contribution in [0, 0.1) is 5.92 Å². The summed E-state index contributed by atoms with van der Waals surface area (Å²) in [7, 11) is 0. The van der Waals surface area contributed by atoms with E-state index in [9.17, 15) is 9.90 Å². The van der Waals surface area contributed by atoms with E-state index in [4.69, 9.17) is 0 Å². The lowest BCUT2D eigenvalue weighted by Crippen LogP contribution is -2.45. The first-order chi connectivity index (χ1) is 11.2. The number of hydrogen-bond acceptors (Lipinski definition) is 4. The molecule has 3 rings (SSSR count). The van der Waals surface area contributed by atoms with Crippen molar-refractivity contribution in [2.24, 2.45) is 5.92 Å². The van der Waals surface area contributed by atoms with Crippen LogP contribution < -0.4 is 5.32 Å². The highest BCUT2D eigenvalue weighted by atomic mass is 32.1. The van der Waals surface area contributed by atoms with Crippen molar-refractivity contribution in [3.05, 3.63) is 52.5 Å². The van der Waals surface area contributed by atoms with Crippen LogP contribution in [0.5, 0.6) is 0 Å². The number of benzene rings is 1. The van der Waals surface area contributed by atoms with Gasteiger partial charge >= 0.3 is 6.03 Å². The van der Waals surface area contributed by atoms with Gasteiger partial charge < -0.3 is 15.3 Å². The average molecular weight is 331 g/mol. The monoisotopic (exact) mass is 331 g/mol. The van der Waals surface area contributed by atoms with Gasteiger partial charge in [-0.1, -0.05) is 30.3 Å². The van der Waals surface area contributed by atoms with E-state index in [0.29, 0.717) is 19.6 Å². The van der Waals surface area contributed by atoms with Gasteiger partial charge in [0.2, 0.25) is 0 Å². The molecule has 1 unspecified atom stereocenters. The Morgan fingerprint density at radius 2 is 2.09 bits per heavy atom. The normalized spacial score (nSPS) is 17.0. The summed E-state index contributed by atoms with van der Waals surface area (Å²) in [5.74, 6) is 0.208. The van der Waals surface area contributed by atoms with Gasteiger partial charge in [-0.25, -0.2) is 9.78 Å². The zero-order chi connectivity index (χ0) is 16.1. The van der Waals surface area contributed by atoms with Gasteiger partial charge in [-0.2, -0.15) is 0 Å². The molecule has 1 atom stereocenters. The first-order valence-corrected chi connectivity index (χ1v) is 8.81. The van der Waals surface area contributed by atoms with Gasteiger partial charge in [0.05, 0.1) is 23.9 Å². The van der Waals surface area contributed by atoms with E-state index in [1.807, 2.05) is 40.6 Å². The molecule has 1 aliphatic rings. The molecule has 0 radical (unpaired) electrons. The third-order valence-corrected chi connectivity index (χ3v) is 4.95. The van der Waals surface area contributed by atoms with Crippen molar-refractivity contribution in [1.82, 2.24) is 15.2 Å². The minimum Gasteiger partial charge on any atom is -0.388 e. The summed E-state index contributed by atoms with van der Waals surface area (Å²) >= 11 is 1.52. The van der Waals surface area contributed by atoms with Gasteiger partial charge in [-0.05, 0) is 24.3 Å². The van der Waals surface area contributed by atoms with Crippen LogP contribution in [0.25, 0.3) is 0 Å². The molecular weight excluding hydrogens is 310 g/mol. The predicted octanol–water partition coefficient (Wildman–Crippen LogP) is 2.80. The molecule has 23 heavy (non-hydrogen) atoms. The number of thiazole rings is 1. The predicted molar refractivity (Wildman–Crippen MR) is 90.0 cm³/mol. The van der Waals surface area contributed by atoms with Crippen molar-refractivity contribution in [3.63, 3.8) is 0 Å². The Morgan fingerprint density at radius 1 is 1.35 bits per heavy atom. The van der Waals surface area contributed by atoms with Crippen molar-refractivity contribution in [2.75, 3.05) is 13.1 Å². The maximum atomic E-state index is 12.2. The molecule has 6 heteroatoms. The second kappa shape index (κ2) is 7.57. The minimum atomic E-state index is -0.448. The van der Waals surface area contributed by atoms with Crippen molar-refractivity contribution in [2.45, 2.75) is 25.5 Å². The number of urea groups is 1. The number of carbonyl (C=O) groups excluding carboxylic acids is 1. The SMILES string of the molecule is O=C(NCc1cscn1)N1CCC(C(O)c2ccccc2)CC1. The summed E-state index contributed by atoms with van der Waals surface area (Å²) in [4.78, 5) is 18.1. The van der Waals surface area contributed by atoms with Crippen molar-refractivity contribution in [3.8, 4) is 0 Å². The highest BCUT2D eigenvalue weighted by Crippen LogP contribution is 2.30. The molecule has 0 saturated carbocycles. The minimum absolute atomic E-state index is 0.0503. The van der Waals surface area contributed by atoms with E-state index in [2.05, 4.69) is 10.3 Å². The molecule has 2 amide bonds. The van der Waals surface area contributed by atoms with Gasteiger partial charge in [-0.3, -0.25) is 0 Å². The number of aliphatic hydroxyl groups excluding tert-OH is 1. The first kappa shape index (κ1) is 16.0. The molecule has 1 aromatic carbocycles. The number of nitrogens with zero attached hydrogens (tertiary/aromatic N) is 2. The largest absolute Gasteiger partial charge is 0.388 e. The molecule has 122 valence electrons. The number of aromatic nitrogens is 1. The fraction of sp³-hybridized carbons (Fsp3) is 0.412. The zero-order valence-electron chi connectivity index (χ0n) is 12.9. The first-order valence-electron chi connectivity index (χ1n) is 7.87. The van der Waals surface area contributed by atoms with Crippen molar-refractivity contribution in [1.29, 1.82) is 0 Å². The van der Waals surface area contributed by atoms with E-state index >= 15 is 0 Å². The van der Waals surface area contributed by atoms with Crippen LogP contribution in [0.15, 0.2) is 41.2 Å². The lowest BCUT2D eigenvalue weighted by molar-refractivity contribution is 0.0665. The molecular formula is C17H21N3O2S. The summed E-state index contributed by atoms with van der Waals surface area (Å²) in [5.41, 5.74) is 3.61. The van der Waals surface area contributed by atoms with Gasteiger partial charge in [0.1, 0.15) is 0 Å². The Balaban J connectivity index is 1.47. The highest BCUT2D eigenvalue weighted by Gasteiger charge is 2.28. The van der Waals surface area contributed by atoms with Crippen LogP contribution in [-0.2, 0) is 6.54 Å². The third-order valence-electron chi connectivity index (χ3n) is 4.32. The molecule has 0 bridgehead atoms. The maximum absolute atomic E-state index is 12.2. The Kier molecular flexibility index (Phi) is 5.25. The van der Waals surface area contributed by atoms with E-state index in [-0.39, 0.29) is 11.9 Å². The molecule has 2 aromatic rings. The third kappa shape index (κ3) is 4.09. The van der Waals surface area contributed by atoms with Gasteiger partial charge in [0, 0.05) is 18.5 Å². The second-order valence-corrected chi connectivity index (χ2v) is 6.54. The zero-order valence-corrected chi connectivity index (χ0v) is 13.7. The molecule has 2 heterocycles. The van der Waals surface area contributed by atoms with Crippen LogP contribution in [-0.4, -0.2) is 34.1 Å². The van der Waals surface area contributed by atoms with Gasteiger partial charge in [-0.15, -0.1) is 11.3 Å². The Labute approximate surface area is 140 Å². The number of rotatable bonds is 4. The van der Waals surface area contributed by atoms with E-state index in [1.165, 1.54) is 11.3 Å². The summed E-state index contributed by atoms with van der Waals surface area (Å²) in [6.45, 7) is 1.82. The number of carbonyl (C=O) groups is 1. The van der Waals surface area contributed by atoms with Crippen LogP contribution >= 0.6 is 11.3 Å². The summed E-state index contributed by atoms with van der Waals surface area (Å²) in [6.07, 6.45) is 1.19. The molecule has 1 aromatic heterocycles. The Morgan fingerprint density at radius 3 is 2.74 bits per heavy atom. The lowest BCUT2D eigenvalue weighted by atomic mass is 9.87. The Hall–Kier alpha value is -1.92. The van der Waals surface area contributed by atoms with E-state index < -0.39 is 6.10 Å². The number of amides is 2. The van der Waals surface area contributed by atoms with Crippen LogP contribution in [0.1, 0.15) is 30.2 Å². The fourth-order valence-corrected chi connectivity index (χ4v) is 3.50. The van der Waals surface area contributed by atoms with E-state index in [0.717, 1.165) is 24.1 Å². The van der Waals surface area contributed by atoms with Crippen LogP contribution in [0.3, 0.4) is 0 Å². The van der Waals surface area contributed by atoms with Gasteiger partial charge in [0.15, 0.2) is 0 Å². The second-order valence-electron chi connectivity index (χ2n) is 5.82. The summed E-state index contributed by atoms with van der Waals surface area (Å²) < 4.78 is 0. The highest BCUT2D eigenvalue weighted by molar-refractivity contribution is 7.07. The number of hydrogen-bond donors (Lipinski definition) is 2. The molecule has 1 saturated heterocycles. The lowest BCUT2D eigenvalue weighted by Gasteiger charge is -2.34. The smallest absolute Gasteiger partial charge is 0.317 e. The number of likely N-dealkylation sites (tertiary alicyclic amines) is 1. The quantitative estimate of drug-likeness (QED) is 0.905. The molecule has 2 N–H and O–H groups in total. The molecule has 1 aliphatic heterocycles. The van der Waals surface area contributed by atoms with Crippen molar-refractivity contribution < 1.29 is 9.90 Å². The summed E-state index contributed by atoms with van der Waals surface area (Å²) in [5, 5.41) is 15.3. The maximum Gasteiger partial charge on any atom is 0.317 e. The molecule has 0 spiro atoms. The topological polar surface area (TPSA) is 65.5 Å².